The second-order valence-corrected chi connectivity index (χ2v) is 5.61. The first-order chi connectivity index (χ1) is 8.58. The molecule has 0 saturated heterocycles. The summed E-state index contributed by atoms with van der Waals surface area (Å²) in [5, 5.41) is 8.65. The van der Waals surface area contributed by atoms with Gasteiger partial charge >= 0.3 is 11.7 Å². The number of aromatic nitrogens is 2. The van der Waals surface area contributed by atoms with E-state index in [1.165, 1.54) is 7.05 Å². The van der Waals surface area contributed by atoms with Gasteiger partial charge in [0.2, 0.25) is 10.0 Å². The number of aryl methyl sites for hydroxylation is 1. The molecule has 0 aliphatic heterocycles. The Balaban J connectivity index is 3.43. The number of carbonyl (C=O) groups is 1. The van der Waals surface area contributed by atoms with Crippen LogP contribution in [0.25, 0.3) is 0 Å². The van der Waals surface area contributed by atoms with Crippen molar-refractivity contribution in [2.75, 3.05) is 0 Å². The standard InChI is InChI=1S/C9H13N3O6S/c1-5(8(14)15)10-19(17,18)6-4-11(2)9(16)12(3)7(6)13/h4-5,10H,1-3H3,(H,14,15). The smallest absolute Gasteiger partial charge is 0.330 e. The first-order valence-corrected chi connectivity index (χ1v) is 6.58. The predicted molar refractivity (Wildman–Crippen MR) is 64.3 cm³/mol. The molecule has 0 aliphatic carbocycles. The summed E-state index contributed by atoms with van der Waals surface area (Å²) < 4.78 is 27.1. The monoisotopic (exact) mass is 291 g/mol. The summed E-state index contributed by atoms with van der Waals surface area (Å²) in [4.78, 5) is 33.1. The highest BCUT2D eigenvalue weighted by Gasteiger charge is 2.25. The van der Waals surface area contributed by atoms with Crippen molar-refractivity contribution in [3.05, 3.63) is 27.0 Å². The number of carboxylic acid groups (broad SMARTS) is 1. The molecule has 2 N–H and O–H groups in total. The number of nitrogens with one attached hydrogen (secondary N) is 1. The molecule has 10 heteroatoms. The van der Waals surface area contributed by atoms with Gasteiger partial charge in [-0.25, -0.2) is 13.2 Å². The van der Waals surface area contributed by atoms with Crippen molar-refractivity contribution < 1.29 is 18.3 Å². The Bertz CT molecular complexity index is 729. The first kappa shape index (κ1) is 15.1. The van der Waals surface area contributed by atoms with E-state index in [-0.39, 0.29) is 0 Å². The van der Waals surface area contributed by atoms with Gasteiger partial charge in [0.05, 0.1) is 0 Å². The summed E-state index contributed by atoms with van der Waals surface area (Å²) in [6.07, 6.45) is 0.849. The number of rotatable bonds is 4. The lowest BCUT2D eigenvalue weighted by Gasteiger charge is -2.11. The fourth-order valence-electron chi connectivity index (χ4n) is 1.31. The molecule has 1 atom stereocenters. The summed E-state index contributed by atoms with van der Waals surface area (Å²) in [5.74, 6) is -1.38. The maximum atomic E-state index is 11.9. The Morgan fingerprint density at radius 2 is 1.89 bits per heavy atom. The molecule has 1 heterocycles. The molecule has 0 saturated carbocycles. The Kier molecular flexibility index (Phi) is 3.96. The van der Waals surface area contributed by atoms with Crippen molar-refractivity contribution >= 4 is 16.0 Å². The Hall–Kier alpha value is -1.94. The highest BCUT2D eigenvalue weighted by molar-refractivity contribution is 7.89. The molecule has 1 aromatic heterocycles. The number of hydrogen-bond acceptors (Lipinski definition) is 5. The molecule has 0 amide bonds. The van der Waals surface area contributed by atoms with Gasteiger partial charge in [-0.1, -0.05) is 0 Å². The molecule has 0 radical (unpaired) electrons. The number of hydrogen-bond donors (Lipinski definition) is 2. The van der Waals surface area contributed by atoms with Crippen LogP contribution in [0.2, 0.25) is 0 Å². The number of sulfonamides is 1. The van der Waals surface area contributed by atoms with Crippen LogP contribution in [0, 0.1) is 0 Å². The molecule has 0 spiro atoms. The zero-order valence-electron chi connectivity index (χ0n) is 10.4. The zero-order chi connectivity index (χ0) is 15.0. The Labute approximate surface area is 108 Å². The molecule has 0 aliphatic rings. The van der Waals surface area contributed by atoms with E-state index in [1.807, 2.05) is 4.72 Å². The van der Waals surface area contributed by atoms with Crippen molar-refractivity contribution in [3.8, 4) is 0 Å². The minimum atomic E-state index is -4.32. The summed E-state index contributed by atoms with van der Waals surface area (Å²) in [6, 6.07) is -1.40. The quantitative estimate of drug-likeness (QED) is 0.650. The summed E-state index contributed by atoms with van der Waals surface area (Å²) in [7, 11) is -1.91. The number of carboxylic acids is 1. The molecular formula is C9H13N3O6S. The molecule has 106 valence electrons. The van der Waals surface area contributed by atoms with Crippen LogP contribution in [0.4, 0.5) is 0 Å². The largest absolute Gasteiger partial charge is 0.480 e. The lowest BCUT2D eigenvalue weighted by Crippen LogP contribution is -2.44. The average Bonchev–Trinajstić information content (AvgIpc) is 2.30. The van der Waals surface area contributed by atoms with Crippen molar-refractivity contribution in [1.29, 1.82) is 0 Å². The number of nitrogens with zero attached hydrogens (tertiary/aromatic N) is 2. The van der Waals surface area contributed by atoms with Crippen LogP contribution in [0.3, 0.4) is 0 Å². The normalized spacial score (nSPS) is 13.2. The van der Waals surface area contributed by atoms with Gasteiger partial charge in [0.1, 0.15) is 6.04 Å². The third-order valence-corrected chi connectivity index (χ3v) is 3.93. The summed E-state index contributed by atoms with van der Waals surface area (Å²) in [6.45, 7) is 1.12. The van der Waals surface area contributed by atoms with Gasteiger partial charge in [0.15, 0.2) is 4.90 Å². The molecular weight excluding hydrogens is 278 g/mol. The lowest BCUT2D eigenvalue weighted by molar-refractivity contribution is -0.138. The minimum absolute atomic E-state index is 0.625. The molecule has 1 rings (SSSR count). The summed E-state index contributed by atoms with van der Waals surface area (Å²) in [5.41, 5.74) is -1.71. The molecule has 0 fully saturated rings. The molecule has 1 unspecified atom stereocenters. The minimum Gasteiger partial charge on any atom is -0.480 e. The average molecular weight is 291 g/mol. The Morgan fingerprint density at radius 1 is 1.37 bits per heavy atom. The maximum absolute atomic E-state index is 11.9. The van der Waals surface area contributed by atoms with E-state index in [9.17, 15) is 22.8 Å². The molecule has 9 nitrogen and oxygen atoms in total. The van der Waals surface area contributed by atoms with E-state index in [0.717, 1.165) is 24.7 Å². The van der Waals surface area contributed by atoms with E-state index in [0.29, 0.717) is 4.57 Å². The third-order valence-electron chi connectivity index (χ3n) is 2.41. The van der Waals surface area contributed by atoms with E-state index in [2.05, 4.69) is 0 Å². The van der Waals surface area contributed by atoms with Crippen molar-refractivity contribution in [3.63, 3.8) is 0 Å². The van der Waals surface area contributed by atoms with Gasteiger partial charge in [0, 0.05) is 20.3 Å². The molecule has 19 heavy (non-hydrogen) atoms. The maximum Gasteiger partial charge on any atom is 0.330 e. The van der Waals surface area contributed by atoms with Crippen molar-refractivity contribution in [1.82, 2.24) is 13.9 Å². The lowest BCUT2D eigenvalue weighted by atomic mass is 10.4. The Morgan fingerprint density at radius 3 is 2.37 bits per heavy atom. The van der Waals surface area contributed by atoms with Crippen LogP contribution < -0.4 is 16.0 Å². The molecule has 0 bridgehead atoms. The van der Waals surface area contributed by atoms with Gasteiger partial charge in [-0.05, 0) is 6.92 Å². The van der Waals surface area contributed by atoms with E-state index >= 15 is 0 Å². The second kappa shape index (κ2) is 4.97. The van der Waals surface area contributed by atoms with Crippen LogP contribution in [0.1, 0.15) is 6.92 Å². The van der Waals surface area contributed by atoms with Crippen LogP contribution >= 0.6 is 0 Å². The van der Waals surface area contributed by atoms with Crippen molar-refractivity contribution in [2.45, 2.75) is 17.9 Å². The fourth-order valence-corrected chi connectivity index (χ4v) is 2.66. The molecule has 0 aromatic carbocycles. The highest BCUT2D eigenvalue weighted by atomic mass is 32.2. The topological polar surface area (TPSA) is 127 Å². The second-order valence-electron chi connectivity index (χ2n) is 3.93. The molecule has 1 aromatic rings. The fraction of sp³-hybridized carbons (Fsp3) is 0.444. The van der Waals surface area contributed by atoms with E-state index in [1.54, 1.807) is 0 Å². The van der Waals surface area contributed by atoms with Gasteiger partial charge in [-0.3, -0.25) is 14.2 Å². The van der Waals surface area contributed by atoms with Crippen LogP contribution in [-0.4, -0.2) is 34.7 Å². The van der Waals surface area contributed by atoms with Crippen LogP contribution in [-0.2, 0) is 28.9 Å². The van der Waals surface area contributed by atoms with Crippen LogP contribution in [0.5, 0.6) is 0 Å². The van der Waals surface area contributed by atoms with Crippen LogP contribution in [0.15, 0.2) is 20.7 Å². The van der Waals surface area contributed by atoms with E-state index in [4.69, 9.17) is 5.11 Å². The summed E-state index contributed by atoms with van der Waals surface area (Å²) >= 11 is 0. The first-order valence-electron chi connectivity index (χ1n) is 5.09. The highest BCUT2D eigenvalue weighted by Crippen LogP contribution is 2.01. The predicted octanol–water partition coefficient (Wildman–Crippen LogP) is -2.16. The third kappa shape index (κ3) is 2.90. The van der Waals surface area contributed by atoms with E-state index < -0.39 is 38.2 Å². The van der Waals surface area contributed by atoms with Crippen molar-refractivity contribution in [2.24, 2.45) is 14.1 Å². The zero-order valence-corrected chi connectivity index (χ0v) is 11.3. The SMILES string of the molecule is CC(NS(=O)(=O)c1cn(C)c(=O)n(C)c1=O)C(=O)O. The van der Waals surface area contributed by atoms with Gasteiger partial charge in [0.25, 0.3) is 5.56 Å². The van der Waals surface area contributed by atoms with Gasteiger partial charge in [-0.2, -0.15) is 4.72 Å². The van der Waals surface area contributed by atoms with Gasteiger partial charge < -0.3 is 9.67 Å². The van der Waals surface area contributed by atoms with Gasteiger partial charge in [-0.15, -0.1) is 0 Å². The number of aliphatic carboxylic acids is 1.